The van der Waals surface area contributed by atoms with Crippen LogP contribution < -0.4 is 15.4 Å². The number of carbonyl (C=O) groups is 3. The van der Waals surface area contributed by atoms with Crippen LogP contribution in [-0.4, -0.2) is 42.9 Å². The molecule has 1 atom stereocenters. The predicted molar refractivity (Wildman–Crippen MR) is 214 cm³/mol. The van der Waals surface area contributed by atoms with Gasteiger partial charge in [0.1, 0.15) is 5.75 Å². The number of amides is 3. The lowest BCUT2D eigenvalue weighted by Crippen LogP contribution is -2.48. The first-order valence-electron chi connectivity index (χ1n) is 18.5. The fourth-order valence-electron chi connectivity index (χ4n) is 6.84. The number of piperidine rings is 1. The summed E-state index contributed by atoms with van der Waals surface area (Å²) in [6, 6.07) is 42.5. The van der Waals surface area contributed by atoms with Crippen LogP contribution in [0, 0.1) is 18.3 Å². The molecule has 5 aromatic carbocycles. The molecule has 1 heterocycles. The van der Waals surface area contributed by atoms with Crippen LogP contribution in [0.3, 0.4) is 0 Å². The number of likely N-dealkylation sites (tertiary alicyclic amines) is 1. The number of nitriles is 1. The van der Waals surface area contributed by atoms with Crippen LogP contribution in [0.1, 0.15) is 67.8 Å². The van der Waals surface area contributed by atoms with Crippen LogP contribution >= 0.6 is 0 Å². The molecular formula is C46H48N4O4. The number of benzene rings is 5. The van der Waals surface area contributed by atoms with E-state index in [4.69, 9.17) is 10.00 Å². The second-order valence-electron chi connectivity index (χ2n) is 13.4. The van der Waals surface area contributed by atoms with Crippen molar-refractivity contribution >= 4 is 17.9 Å². The lowest BCUT2D eigenvalue weighted by molar-refractivity contribution is -0.124. The largest absolute Gasteiger partial charge is 0.415 e. The van der Waals surface area contributed by atoms with E-state index < -0.39 is 17.6 Å². The van der Waals surface area contributed by atoms with Gasteiger partial charge >= 0.3 is 6.09 Å². The quantitative estimate of drug-likeness (QED) is 0.150. The molecule has 5 aromatic rings. The third kappa shape index (κ3) is 9.81. The zero-order valence-electron chi connectivity index (χ0n) is 31.5. The van der Waals surface area contributed by atoms with Gasteiger partial charge in [0.05, 0.1) is 24.1 Å². The topological polar surface area (TPSA) is 112 Å². The van der Waals surface area contributed by atoms with E-state index in [0.29, 0.717) is 37.2 Å². The predicted octanol–water partition coefficient (Wildman–Crippen LogP) is 9.14. The molecule has 276 valence electrons. The number of aryl methyl sites for hydroxylation is 1. The Balaban J connectivity index is 0.00000276. The van der Waals surface area contributed by atoms with Gasteiger partial charge in [-0.05, 0) is 77.4 Å². The molecule has 0 saturated carbocycles. The van der Waals surface area contributed by atoms with Crippen LogP contribution in [-0.2, 0) is 15.0 Å². The third-order valence-electron chi connectivity index (χ3n) is 9.97. The van der Waals surface area contributed by atoms with E-state index in [0.717, 1.165) is 38.9 Å². The lowest BCUT2D eigenvalue weighted by atomic mass is 9.70. The molecule has 1 saturated heterocycles. The second-order valence-corrected chi connectivity index (χ2v) is 13.4. The molecule has 0 aliphatic carbocycles. The number of nitrogens with one attached hydrogen (secondary N) is 2. The normalized spacial score (nSPS) is 13.6. The highest BCUT2D eigenvalue weighted by atomic mass is 16.6. The molecule has 0 bridgehead atoms. The Hall–Kier alpha value is -6.20. The average molecular weight is 721 g/mol. The summed E-state index contributed by atoms with van der Waals surface area (Å²) in [7, 11) is 1.59. The van der Waals surface area contributed by atoms with Crippen molar-refractivity contribution in [3.05, 3.63) is 150 Å². The molecule has 1 fully saturated rings. The summed E-state index contributed by atoms with van der Waals surface area (Å²) in [6.45, 7) is 6.88. The zero-order chi connectivity index (χ0) is 38.5. The second kappa shape index (κ2) is 18.5. The number of nitrogens with zero attached hydrogens (tertiary/aromatic N) is 2. The lowest BCUT2D eigenvalue weighted by Gasteiger charge is -2.42. The monoisotopic (exact) mass is 720 g/mol. The Kier molecular flexibility index (Phi) is 13.4. The number of ether oxygens (including phenoxy) is 1. The van der Waals surface area contributed by atoms with Crippen LogP contribution in [0.15, 0.2) is 127 Å². The van der Waals surface area contributed by atoms with Crippen molar-refractivity contribution in [2.45, 2.75) is 57.9 Å². The van der Waals surface area contributed by atoms with E-state index >= 15 is 0 Å². The highest BCUT2D eigenvalue weighted by Crippen LogP contribution is 2.39. The number of hydrogen-bond acceptors (Lipinski definition) is 5. The van der Waals surface area contributed by atoms with Gasteiger partial charge < -0.3 is 20.3 Å². The summed E-state index contributed by atoms with van der Waals surface area (Å²) in [5.41, 5.74) is 7.17. The maximum absolute atomic E-state index is 14.0. The Morgan fingerprint density at radius 3 is 1.83 bits per heavy atom. The first-order chi connectivity index (χ1) is 26.2. The maximum atomic E-state index is 14.0. The molecular weight excluding hydrogens is 673 g/mol. The fourth-order valence-corrected chi connectivity index (χ4v) is 6.84. The van der Waals surface area contributed by atoms with E-state index in [1.807, 2.05) is 99.6 Å². The van der Waals surface area contributed by atoms with Crippen LogP contribution in [0.25, 0.3) is 22.3 Å². The molecule has 3 amide bonds. The van der Waals surface area contributed by atoms with Crippen LogP contribution in [0.5, 0.6) is 5.75 Å². The van der Waals surface area contributed by atoms with E-state index in [1.54, 1.807) is 36.2 Å². The Bertz CT molecular complexity index is 2030. The van der Waals surface area contributed by atoms with Crippen molar-refractivity contribution in [2.75, 3.05) is 20.1 Å². The molecule has 2 N–H and O–H groups in total. The molecule has 0 aromatic heterocycles. The summed E-state index contributed by atoms with van der Waals surface area (Å²) >= 11 is 0. The van der Waals surface area contributed by atoms with Crippen molar-refractivity contribution in [3.8, 4) is 34.1 Å². The van der Waals surface area contributed by atoms with E-state index in [2.05, 4.69) is 41.0 Å². The molecule has 1 unspecified atom stereocenters. The molecule has 1 aliphatic rings. The zero-order valence-corrected chi connectivity index (χ0v) is 31.5. The minimum absolute atomic E-state index is 0.110. The number of hydrogen-bond donors (Lipinski definition) is 2. The third-order valence-corrected chi connectivity index (χ3v) is 9.97. The Labute approximate surface area is 318 Å². The first kappa shape index (κ1) is 39.0. The summed E-state index contributed by atoms with van der Waals surface area (Å²) < 4.78 is 5.76. The fraction of sp³-hybridized carbons (Fsp3) is 0.261. The summed E-state index contributed by atoms with van der Waals surface area (Å²) in [6.07, 6.45) is 1.03. The van der Waals surface area contributed by atoms with Gasteiger partial charge in [-0.3, -0.25) is 9.59 Å². The molecule has 0 radical (unpaired) electrons. The molecule has 54 heavy (non-hydrogen) atoms. The summed E-state index contributed by atoms with van der Waals surface area (Å²) in [5.74, 6) is 0.123. The minimum atomic E-state index is -0.509. The highest BCUT2D eigenvalue weighted by molar-refractivity contribution is 5.81. The average Bonchev–Trinajstić information content (AvgIpc) is 3.22. The van der Waals surface area contributed by atoms with E-state index in [9.17, 15) is 14.4 Å². The summed E-state index contributed by atoms with van der Waals surface area (Å²) in [5, 5.41) is 14.9. The van der Waals surface area contributed by atoms with Crippen molar-refractivity contribution in [2.24, 2.45) is 0 Å². The van der Waals surface area contributed by atoms with Gasteiger partial charge in [0.2, 0.25) is 11.8 Å². The van der Waals surface area contributed by atoms with Crippen molar-refractivity contribution < 1.29 is 19.1 Å². The Morgan fingerprint density at radius 2 is 1.28 bits per heavy atom. The van der Waals surface area contributed by atoms with Crippen LogP contribution in [0.4, 0.5) is 4.79 Å². The minimum Gasteiger partial charge on any atom is -0.410 e. The van der Waals surface area contributed by atoms with Gasteiger partial charge in [-0.15, -0.1) is 0 Å². The van der Waals surface area contributed by atoms with Gasteiger partial charge in [-0.1, -0.05) is 123 Å². The van der Waals surface area contributed by atoms with E-state index in [1.165, 1.54) is 0 Å². The summed E-state index contributed by atoms with van der Waals surface area (Å²) in [4.78, 5) is 41.5. The van der Waals surface area contributed by atoms with Crippen molar-refractivity contribution in [1.82, 2.24) is 15.5 Å². The van der Waals surface area contributed by atoms with Crippen molar-refractivity contribution in [1.29, 1.82) is 5.26 Å². The SMILES string of the molecule is CC.CNC(=O)CC(NC(=O)CC1(c2ccc(C)cc2)CCN(C(=O)Oc2ccc(-c3ccc(C#N)cc3)cc2)CC1)c1ccc(-c2ccccc2)cc1. The van der Waals surface area contributed by atoms with E-state index in [-0.39, 0.29) is 24.7 Å². The van der Waals surface area contributed by atoms with Gasteiger partial charge in [0.15, 0.2) is 0 Å². The Morgan fingerprint density at radius 1 is 0.741 bits per heavy atom. The standard InChI is InChI=1S/C44H42N4O4.C2H6/c1-31-8-20-38(21-9-31)44(29-42(50)47-40(28-41(49)46-2)37-16-14-35(15-17-37)33-6-4-3-5-7-33)24-26-48(27-25-44)43(51)52-39-22-18-36(19-23-39)34-12-10-32(30-45)11-13-34;1-2/h3-23,40H,24-29H2,1-2H3,(H,46,49)(H,47,50);1-2H3. The number of carbonyl (C=O) groups excluding carboxylic acids is 3. The molecule has 8 nitrogen and oxygen atoms in total. The molecule has 6 rings (SSSR count). The smallest absolute Gasteiger partial charge is 0.410 e. The van der Waals surface area contributed by atoms with Gasteiger partial charge in [-0.25, -0.2) is 4.79 Å². The van der Waals surface area contributed by atoms with Gasteiger partial charge in [-0.2, -0.15) is 5.26 Å². The molecule has 8 heteroatoms. The molecule has 1 aliphatic heterocycles. The van der Waals surface area contributed by atoms with Crippen molar-refractivity contribution in [3.63, 3.8) is 0 Å². The number of rotatable bonds is 10. The first-order valence-corrected chi connectivity index (χ1v) is 18.5. The van der Waals surface area contributed by atoms with Crippen LogP contribution in [0.2, 0.25) is 0 Å². The molecule has 0 spiro atoms. The highest BCUT2D eigenvalue weighted by Gasteiger charge is 2.40. The van der Waals surface area contributed by atoms with Gasteiger partial charge in [0, 0.05) is 32.0 Å². The maximum Gasteiger partial charge on any atom is 0.415 e. The van der Waals surface area contributed by atoms with Gasteiger partial charge in [0.25, 0.3) is 0 Å².